The van der Waals surface area contributed by atoms with E-state index in [0.717, 1.165) is 23.3 Å². The maximum atomic E-state index is 13.6. The number of benzene rings is 2. The number of amides is 1. The SMILES string of the molecule is CNc1c(F)cc(C(=O)NCc2ccc(C)cc2)cc1F. The first-order valence-corrected chi connectivity index (χ1v) is 6.52. The third-order valence-electron chi connectivity index (χ3n) is 3.13. The first kappa shape index (κ1) is 15.0. The minimum absolute atomic E-state index is 0.0453. The third kappa shape index (κ3) is 3.56. The normalized spacial score (nSPS) is 10.3. The second kappa shape index (κ2) is 6.35. The van der Waals surface area contributed by atoms with Crippen LogP contribution in [-0.4, -0.2) is 13.0 Å². The average Bonchev–Trinajstić information content (AvgIpc) is 2.46. The molecule has 0 aromatic heterocycles. The van der Waals surface area contributed by atoms with Crippen LogP contribution in [-0.2, 0) is 6.54 Å². The molecule has 1 amide bonds. The molecule has 0 aliphatic rings. The van der Waals surface area contributed by atoms with Gasteiger partial charge in [0.1, 0.15) is 17.3 Å². The molecular formula is C16H16F2N2O. The van der Waals surface area contributed by atoms with E-state index in [1.165, 1.54) is 7.05 Å². The van der Waals surface area contributed by atoms with E-state index in [-0.39, 0.29) is 11.3 Å². The van der Waals surface area contributed by atoms with Gasteiger partial charge < -0.3 is 10.6 Å². The Kier molecular flexibility index (Phi) is 4.52. The van der Waals surface area contributed by atoms with Crippen molar-refractivity contribution in [2.24, 2.45) is 0 Å². The van der Waals surface area contributed by atoms with Gasteiger partial charge in [-0.1, -0.05) is 29.8 Å². The summed E-state index contributed by atoms with van der Waals surface area (Å²) in [5.74, 6) is -2.10. The van der Waals surface area contributed by atoms with Gasteiger partial charge in [0.15, 0.2) is 0 Å². The fourth-order valence-corrected chi connectivity index (χ4v) is 1.93. The first-order valence-electron chi connectivity index (χ1n) is 6.52. The Labute approximate surface area is 122 Å². The molecule has 3 nitrogen and oxygen atoms in total. The van der Waals surface area contributed by atoms with Crippen molar-refractivity contribution in [3.8, 4) is 0 Å². The standard InChI is InChI=1S/C16H16F2N2O/c1-10-3-5-11(6-4-10)9-20-16(21)12-7-13(17)15(19-2)14(18)8-12/h3-8,19H,9H2,1-2H3,(H,20,21). The summed E-state index contributed by atoms with van der Waals surface area (Å²) in [5, 5.41) is 5.05. The van der Waals surface area contributed by atoms with Crippen LogP contribution >= 0.6 is 0 Å². The molecule has 110 valence electrons. The lowest BCUT2D eigenvalue weighted by Crippen LogP contribution is -2.23. The van der Waals surface area contributed by atoms with Gasteiger partial charge in [0.2, 0.25) is 0 Å². The summed E-state index contributed by atoms with van der Waals surface area (Å²) in [6.07, 6.45) is 0. The van der Waals surface area contributed by atoms with Crippen molar-refractivity contribution in [1.29, 1.82) is 0 Å². The molecule has 2 N–H and O–H groups in total. The van der Waals surface area contributed by atoms with Crippen LogP contribution in [0.2, 0.25) is 0 Å². The summed E-state index contributed by atoms with van der Waals surface area (Å²) in [7, 11) is 1.42. The van der Waals surface area contributed by atoms with Crippen LogP contribution in [0.25, 0.3) is 0 Å². The zero-order valence-electron chi connectivity index (χ0n) is 11.8. The van der Waals surface area contributed by atoms with E-state index in [4.69, 9.17) is 0 Å². The Hall–Kier alpha value is -2.43. The van der Waals surface area contributed by atoms with Gasteiger partial charge in [-0.25, -0.2) is 8.78 Å². The van der Waals surface area contributed by atoms with Crippen LogP contribution in [0.1, 0.15) is 21.5 Å². The van der Waals surface area contributed by atoms with E-state index in [9.17, 15) is 13.6 Å². The molecule has 5 heteroatoms. The Balaban J connectivity index is 2.08. The lowest BCUT2D eigenvalue weighted by molar-refractivity contribution is 0.0950. The molecule has 0 saturated heterocycles. The monoisotopic (exact) mass is 290 g/mol. The van der Waals surface area contributed by atoms with E-state index < -0.39 is 17.5 Å². The van der Waals surface area contributed by atoms with Crippen molar-refractivity contribution < 1.29 is 13.6 Å². The van der Waals surface area contributed by atoms with Crippen molar-refractivity contribution in [1.82, 2.24) is 5.32 Å². The molecule has 0 aliphatic heterocycles. The largest absolute Gasteiger partial charge is 0.383 e. The second-order valence-electron chi connectivity index (χ2n) is 4.73. The van der Waals surface area contributed by atoms with Crippen molar-refractivity contribution in [3.63, 3.8) is 0 Å². The number of rotatable bonds is 4. The molecule has 0 spiro atoms. The lowest BCUT2D eigenvalue weighted by atomic mass is 10.1. The highest BCUT2D eigenvalue weighted by atomic mass is 19.1. The van der Waals surface area contributed by atoms with Gasteiger partial charge in [-0.2, -0.15) is 0 Å². The molecule has 0 heterocycles. The highest BCUT2D eigenvalue weighted by Gasteiger charge is 2.14. The molecule has 0 aliphatic carbocycles. The van der Waals surface area contributed by atoms with Crippen LogP contribution in [0, 0.1) is 18.6 Å². The molecule has 0 fully saturated rings. The van der Waals surface area contributed by atoms with Crippen molar-refractivity contribution in [3.05, 3.63) is 64.7 Å². The summed E-state index contributed by atoms with van der Waals surface area (Å²) in [4.78, 5) is 11.9. The van der Waals surface area contributed by atoms with Crippen molar-refractivity contribution in [2.75, 3.05) is 12.4 Å². The van der Waals surface area contributed by atoms with Gasteiger partial charge in [0, 0.05) is 19.2 Å². The number of nitrogens with one attached hydrogen (secondary N) is 2. The molecular weight excluding hydrogens is 274 g/mol. The summed E-state index contributed by atoms with van der Waals surface area (Å²) in [5.41, 5.74) is 1.75. The summed E-state index contributed by atoms with van der Waals surface area (Å²) in [6, 6.07) is 9.67. The fourth-order valence-electron chi connectivity index (χ4n) is 1.93. The van der Waals surface area contributed by atoms with E-state index in [0.29, 0.717) is 6.54 Å². The quantitative estimate of drug-likeness (QED) is 0.907. The molecule has 0 radical (unpaired) electrons. The van der Waals surface area contributed by atoms with Crippen LogP contribution in [0.15, 0.2) is 36.4 Å². The molecule has 0 bridgehead atoms. The number of halogens is 2. The van der Waals surface area contributed by atoms with Gasteiger partial charge in [-0.15, -0.1) is 0 Å². The van der Waals surface area contributed by atoms with Gasteiger partial charge in [-0.05, 0) is 24.6 Å². The molecule has 0 atom stereocenters. The summed E-state index contributed by atoms with van der Waals surface area (Å²) in [6.45, 7) is 2.27. The molecule has 0 saturated carbocycles. The van der Waals surface area contributed by atoms with Gasteiger partial charge in [-0.3, -0.25) is 4.79 Å². The molecule has 2 aromatic rings. The van der Waals surface area contributed by atoms with E-state index in [2.05, 4.69) is 10.6 Å². The van der Waals surface area contributed by atoms with Gasteiger partial charge in [0.25, 0.3) is 5.91 Å². The predicted octanol–water partition coefficient (Wildman–Crippen LogP) is 3.24. The Bertz CT molecular complexity index is 631. The Morgan fingerprint density at radius 1 is 1.10 bits per heavy atom. The number of carbonyl (C=O) groups is 1. The van der Waals surface area contributed by atoms with Gasteiger partial charge in [0.05, 0.1) is 0 Å². The van der Waals surface area contributed by atoms with Gasteiger partial charge >= 0.3 is 0 Å². The lowest BCUT2D eigenvalue weighted by Gasteiger charge is -2.09. The zero-order valence-corrected chi connectivity index (χ0v) is 11.8. The van der Waals surface area contributed by atoms with E-state index in [1.807, 2.05) is 31.2 Å². The number of hydrogen-bond acceptors (Lipinski definition) is 2. The van der Waals surface area contributed by atoms with Crippen LogP contribution in [0.5, 0.6) is 0 Å². The van der Waals surface area contributed by atoms with Crippen molar-refractivity contribution in [2.45, 2.75) is 13.5 Å². The molecule has 2 rings (SSSR count). The summed E-state index contributed by atoms with van der Waals surface area (Å²) >= 11 is 0. The smallest absolute Gasteiger partial charge is 0.251 e. The highest BCUT2D eigenvalue weighted by molar-refractivity contribution is 5.94. The number of hydrogen-bond donors (Lipinski definition) is 2. The van der Waals surface area contributed by atoms with Crippen LogP contribution in [0.4, 0.5) is 14.5 Å². The maximum absolute atomic E-state index is 13.6. The van der Waals surface area contributed by atoms with Crippen molar-refractivity contribution >= 4 is 11.6 Å². The Morgan fingerprint density at radius 3 is 2.19 bits per heavy atom. The number of anilines is 1. The van der Waals surface area contributed by atoms with Crippen LogP contribution < -0.4 is 10.6 Å². The molecule has 0 unspecified atom stereocenters. The average molecular weight is 290 g/mol. The second-order valence-corrected chi connectivity index (χ2v) is 4.73. The summed E-state index contributed by atoms with van der Waals surface area (Å²) < 4.78 is 27.2. The minimum Gasteiger partial charge on any atom is -0.383 e. The first-order chi connectivity index (χ1) is 10.0. The minimum atomic E-state index is -0.794. The predicted molar refractivity (Wildman–Crippen MR) is 78.3 cm³/mol. The number of aryl methyl sites for hydroxylation is 1. The Morgan fingerprint density at radius 2 is 1.67 bits per heavy atom. The topological polar surface area (TPSA) is 41.1 Å². The zero-order chi connectivity index (χ0) is 15.4. The molecule has 21 heavy (non-hydrogen) atoms. The van der Waals surface area contributed by atoms with E-state index >= 15 is 0 Å². The molecule has 2 aromatic carbocycles. The fraction of sp³-hybridized carbons (Fsp3) is 0.188. The maximum Gasteiger partial charge on any atom is 0.251 e. The third-order valence-corrected chi connectivity index (χ3v) is 3.13. The highest BCUT2D eigenvalue weighted by Crippen LogP contribution is 2.20. The van der Waals surface area contributed by atoms with Crippen LogP contribution in [0.3, 0.4) is 0 Å². The van der Waals surface area contributed by atoms with E-state index in [1.54, 1.807) is 0 Å². The number of carbonyl (C=O) groups excluding carboxylic acids is 1.